The Morgan fingerprint density at radius 2 is 2.08 bits per heavy atom. The second-order valence-corrected chi connectivity index (χ2v) is 5.09. The molecule has 2 rings (SSSR count). The van der Waals surface area contributed by atoms with Gasteiger partial charge in [-0.15, -0.1) is 11.3 Å². The first-order valence-electron chi connectivity index (χ1n) is 4.22. The normalized spacial score (nSPS) is 16.2. The van der Waals surface area contributed by atoms with E-state index in [1.54, 1.807) is 11.3 Å². The molecule has 0 aromatic carbocycles. The van der Waals surface area contributed by atoms with Gasteiger partial charge in [-0.05, 0) is 47.2 Å². The van der Waals surface area contributed by atoms with Crippen LogP contribution in [0, 0.1) is 0 Å². The lowest BCUT2D eigenvalue weighted by molar-refractivity contribution is 0.285. The molecule has 0 aliphatic heterocycles. The van der Waals surface area contributed by atoms with Crippen LogP contribution >= 0.6 is 27.3 Å². The number of aliphatic hydroxyl groups excluding tert-OH is 1. The van der Waals surface area contributed by atoms with E-state index in [0.717, 1.165) is 4.88 Å². The van der Waals surface area contributed by atoms with Gasteiger partial charge in [0.05, 0.1) is 6.61 Å². The number of fused-ring (bicyclic) bond motifs is 1. The maximum atomic E-state index is 9.05. The first-order chi connectivity index (χ1) is 5.83. The van der Waals surface area contributed by atoms with Crippen LogP contribution in [0.3, 0.4) is 0 Å². The third-order valence-electron chi connectivity index (χ3n) is 2.32. The van der Waals surface area contributed by atoms with Crippen LogP contribution in [-0.2, 0) is 19.4 Å². The molecule has 3 heteroatoms. The highest BCUT2D eigenvalue weighted by molar-refractivity contribution is 9.10. The molecule has 0 atom stereocenters. The molecule has 0 spiro atoms. The van der Waals surface area contributed by atoms with Crippen LogP contribution in [0.5, 0.6) is 0 Å². The molecule has 0 amide bonds. The summed E-state index contributed by atoms with van der Waals surface area (Å²) in [4.78, 5) is 2.58. The Bertz CT molecular complexity index is 293. The summed E-state index contributed by atoms with van der Waals surface area (Å²) in [5.41, 5.74) is 1.45. The average Bonchev–Trinajstić information content (AvgIpc) is 2.44. The van der Waals surface area contributed by atoms with Crippen molar-refractivity contribution in [2.45, 2.75) is 32.3 Å². The van der Waals surface area contributed by atoms with Gasteiger partial charge in [0, 0.05) is 14.2 Å². The fourth-order valence-corrected chi connectivity index (χ4v) is 3.77. The molecule has 1 aromatic rings. The highest BCUT2D eigenvalue weighted by Gasteiger charge is 2.17. The molecular formula is C9H11BrOS. The predicted molar refractivity (Wildman–Crippen MR) is 54.6 cm³/mol. The quantitative estimate of drug-likeness (QED) is 0.809. The molecular weight excluding hydrogens is 236 g/mol. The van der Waals surface area contributed by atoms with Gasteiger partial charge in [0.15, 0.2) is 0 Å². The molecule has 1 heterocycles. The monoisotopic (exact) mass is 246 g/mol. The van der Waals surface area contributed by atoms with Crippen LogP contribution in [0.15, 0.2) is 4.47 Å². The Labute approximate surface area is 84.6 Å². The molecule has 1 aliphatic carbocycles. The van der Waals surface area contributed by atoms with E-state index in [4.69, 9.17) is 5.11 Å². The molecule has 0 saturated carbocycles. The lowest BCUT2D eigenvalue weighted by Crippen LogP contribution is -1.97. The van der Waals surface area contributed by atoms with Gasteiger partial charge < -0.3 is 5.11 Å². The predicted octanol–water partition coefficient (Wildman–Crippen LogP) is 2.88. The van der Waals surface area contributed by atoms with Gasteiger partial charge in [0.2, 0.25) is 0 Å². The Kier molecular flexibility index (Phi) is 2.53. The first-order valence-corrected chi connectivity index (χ1v) is 5.83. The summed E-state index contributed by atoms with van der Waals surface area (Å²) in [6.45, 7) is 0.179. The molecule has 12 heavy (non-hydrogen) atoms. The van der Waals surface area contributed by atoms with Crippen molar-refractivity contribution >= 4 is 27.3 Å². The summed E-state index contributed by atoms with van der Waals surface area (Å²) in [6, 6.07) is 0. The molecule has 0 saturated heterocycles. The Morgan fingerprint density at radius 1 is 1.33 bits per heavy atom. The van der Waals surface area contributed by atoms with E-state index in [0.29, 0.717) is 0 Å². The minimum Gasteiger partial charge on any atom is -0.391 e. The topological polar surface area (TPSA) is 20.2 Å². The van der Waals surface area contributed by atoms with Crippen LogP contribution in [0.2, 0.25) is 0 Å². The smallest absolute Gasteiger partial charge is 0.0786 e. The van der Waals surface area contributed by atoms with Crippen molar-refractivity contribution < 1.29 is 5.11 Å². The minimum atomic E-state index is 0.179. The fourth-order valence-electron chi connectivity index (χ4n) is 1.69. The summed E-state index contributed by atoms with van der Waals surface area (Å²) in [7, 11) is 0. The number of aliphatic hydroxyl groups is 1. The van der Waals surface area contributed by atoms with E-state index in [1.807, 2.05) is 0 Å². The maximum absolute atomic E-state index is 9.05. The summed E-state index contributed by atoms with van der Waals surface area (Å²) in [6.07, 6.45) is 5.00. The SMILES string of the molecule is OCc1sc2c(c1Br)CCCC2. The Morgan fingerprint density at radius 3 is 2.75 bits per heavy atom. The van der Waals surface area contributed by atoms with Crippen LogP contribution in [-0.4, -0.2) is 5.11 Å². The number of hydrogen-bond donors (Lipinski definition) is 1. The van der Waals surface area contributed by atoms with E-state index in [-0.39, 0.29) is 6.61 Å². The van der Waals surface area contributed by atoms with Crippen molar-refractivity contribution in [2.75, 3.05) is 0 Å². The minimum absolute atomic E-state index is 0.179. The summed E-state index contributed by atoms with van der Waals surface area (Å²) in [5.74, 6) is 0. The van der Waals surface area contributed by atoms with Crippen LogP contribution < -0.4 is 0 Å². The number of halogens is 1. The third kappa shape index (κ3) is 1.34. The molecule has 66 valence electrons. The van der Waals surface area contributed by atoms with Crippen LogP contribution in [0.1, 0.15) is 28.2 Å². The zero-order valence-corrected chi connectivity index (χ0v) is 9.17. The van der Waals surface area contributed by atoms with Gasteiger partial charge in [-0.1, -0.05) is 0 Å². The highest BCUT2D eigenvalue weighted by atomic mass is 79.9. The van der Waals surface area contributed by atoms with Crippen molar-refractivity contribution in [1.29, 1.82) is 0 Å². The van der Waals surface area contributed by atoms with E-state index in [1.165, 1.54) is 40.6 Å². The standard InChI is InChI=1S/C9H11BrOS/c10-9-6-3-1-2-4-7(6)12-8(9)5-11/h11H,1-5H2. The Hall–Kier alpha value is 0.140. The van der Waals surface area contributed by atoms with Crippen molar-refractivity contribution in [3.63, 3.8) is 0 Å². The van der Waals surface area contributed by atoms with E-state index < -0.39 is 0 Å². The van der Waals surface area contributed by atoms with Gasteiger partial charge in [-0.3, -0.25) is 0 Å². The van der Waals surface area contributed by atoms with Crippen LogP contribution in [0.25, 0.3) is 0 Å². The van der Waals surface area contributed by atoms with Gasteiger partial charge in [-0.2, -0.15) is 0 Å². The second kappa shape index (κ2) is 3.48. The van der Waals surface area contributed by atoms with E-state index in [2.05, 4.69) is 15.9 Å². The van der Waals surface area contributed by atoms with E-state index in [9.17, 15) is 0 Å². The largest absolute Gasteiger partial charge is 0.391 e. The third-order valence-corrected chi connectivity index (χ3v) is 4.81. The first kappa shape index (κ1) is 8.73. The molecule has 1 nitrogen and oxygen atoms in total. The number of hydrogen-bond acceptors (Lipinski definition) is 2. The number of thiophene rings is 1. The summed E-state index contributed by atoms with van der Waals surface area (Å²) >= 11 is 5.31. The van der Waals surface area contributed by atoms with Gasteiger partial charge >= 0.3 is 0 Å². The maximum Gasteiger partial charge on any atom is 0.0786 e. The lowest BCUT2D eigenvalue weighted by Gasteiger charge is -2.09. The van der Waals surface area contributed by atoms with Crippen molar-refractivity contribution in [1.82, 2.24) is 0 Å². The van der Waals surface area contributed by atoms with E-state index >= 15 is 0 Å². The lowest BCUT2D eigenvalue weighted by atomic mass is 9.99. The molecule has 1 N–H and O–H groups in total. The molecule has 0 fully saturated rings. The molecule has 1 aromatic heterocycles. The Balaban J connectivity index is 2.44. The van der Waals surface area contributed by atoms with Gasteiger partial charge in [0.1, 0.15) is 0 Å². The summed E-state index contributed by atoms with van der Waals surface area (Å²) in [5, 5.41) is 9.05. The van der Waals surface area contributed by atoms with Gasteiger partial charge in [0.25, 0.3) is 0 Å². The number of rotatable bonds is 1. The van der Waals surface area contributed by atoms with Crippen molar-refractivity contribution in [3.8, 4) is 0 Å². The molecule has 0 unspecified atom stereocenters. The fraction of sp³-hybridized carbons (Fsp3) is 0.556. The highest BCUT2D eigenvalue weighted by Crippen LogP contribution is 2.37. The van der Waals surface area contributed by atoms with Crippen LogP contribution in [0.4, 0.5) is 0 Å². The zero-order valence-electron chi connectivity index (χ0n) is 6.77. The molecule has 0 radical (unpaired) electrons. The average molecular weight is 247 g/mol. The van der Waals surface area contributed by atoms with Crippen molar-refractivity contribution in [3.05, 3.63) is 19.8 Å². The van der Waals surface area contributed by atoms with Gasteiger partial charge in [-0.25, -0.2) is 0 Å². The number of aryl methyl sites for hydroxylation is 1. The zero-order chi connectivity index (χ0) is 8.55. The van der Waals surface area contributed by atoms with Crippen molar-refractivity contribution in [2.24, 2.45) is 0 Å². The molecule has 0 bridgehead atoms. The second-order valence-electron chi connectivity index (χ2n) is 3.11. The summed E-state index contributed by atoms with van der Waals surface area (Å²) < 4.78 is 1.17. The molecule has 1 aliphatic rings.